The van der Waals surface area contributed by atoms with Crippen molar-refractivity contribution in [1.82, 2.24) is 15.8 Å². The number of nitrogens with zero attached hydrogens (tertiary/aromatic N) is 1. The number of carbonyl (C=O) groups is 2. The lowest BCUT2D eigenvalue weighted by Crippen LogP contribution is -2.68. The number of nitrogens with one attached hydrogen (secondary N) is 2. The molecule has 0 aromatic carbocycles. The van der Waals surface area contributed by atoms with E-state index in [0.29, 0.717) is 5.56 Å². The zero-order chi connectivity index (χ0) is 49.4. The molecule has 27 N–H and O–H groups in total. The lowest BCUT2D eigenvalue weighted by Gasteiger charge is -2.47. The SMILES string of the molecule is NC[C@@H]1O[C@H](O[C@H]2[C@@H](O)[C@H](O[C@@H]3[C@@H](O)[C@H](N)C[C@H](N)[C@H]3O[C@H]3O[C@H](CN)[C@@H](O)[C@H](O)[C@H]3N)O[C@@H]2CO[C@@H]2O[C@H](CN)[C@@H](O)[C@H](O)[C@H]2N)[C@H](N)[C@@H](O)[C@@H]1O.O=C(O)CNNC(=O)c1ccncc1. The molecule has 30 heteroatoms. The number of aliphatic hydroxyl groups excluding tert-OH is 8. The molecule has 0 spiro atoms. The lowest BCUT2D eigenvalue weighted by molar-refractivity contribution is -0.308. The Bertz CT molecular complexity index is 1690. The summed E-state index contributed by atoms with van der Waals surface area (Å²) < 4.78 is 47.3. The third kappa shape index (κ3) is 13.1. The van der Waals surface area contributed by atoms with Crippen molar-refractivity contribution in [3.05, 3.63) is 30.1 Å². The third-order valence-electron chi connectivity index (χ3n) is 12.0. The van der Waals surface area contributed by atoms with Gasteiger partial charge in [-0.1, -0.05) is 0 Å². The third-order valence-corrected chi connectivity index (χ3v) is 12.0. The predicted molar refractivity (Wildman–Crippen MR) is 222 cm³/mol. The van der Waals surface area contributed by atoms with Crippen molar-refractivity contribution in [3.8, 4) is 0 Å². The van der Waals surface area contributed by atoms with Gasteiger partial charge in [0.25, 0.3) is 5.91 Å². The van der Waals surface area contributed by atoms with Crippen LogP contribution in [-0.4, -0.2) is 243 Å². The van der Waals surface area contributed by atoms with Gasteiger partial charge in [0.2, 0.25) is 0 Å². The Hall–Kier alpha value is -2.91. The number of carboxylic acid groups (broad SMARTS) is 1. The molecule has 1 amide bonds. The molecule has 5 fully saturated rings. The highest BCUT2D eigenvalue weighted by molar-refractivity contribution is 5.93. The number of carbonyl (C=O) groups excluding carboxylic acids is 1. The number of rotatable bonds is 16. The fourth-order valence-corrected chi connectivity index (χ4v) is 7.99. The Morgan fingerprint density at radius 3 is 1.52 bits per heavy atom. The first-order valence-electron chi connectivity index (χ1n) is 21.4. The van der Waals surface area contributed by atoms with Crippen LogP contribution in [0.1, 0.15) is 16.8 Å². The zero-order valence-electron chi connectivity index (χ0n) is 36.1. The summed E-state index contributed by atoms with van der Waals surface area (Å²) in [6.45, 7) is -1.39. The second-order valence-corrected chi connectivity index (χ2v) is 16.7. The minimum Gasteiger partial charge on any atom is -0.480 e. The first-order valence-corrected chi connectivity index (χ1v) is 21.4. The van der Waals surface area contributed by atoms with E-state index in [1.807, 2.05) is 0 Å². The molecule has 24 atom stereocenters. The number of pyridine rings is 1. The average molecular weight is 970 g/mol. The first-order chi connectivity index (χ1) is 31.7. The predicted octanol–water partition coefficient (Wildman–Crippen LogP) is -11.7. The average Bonchev–Trinajstić information content (AvgIpc) is 3.60. The number of carboxylic acids is 1. The molecule has 30 nitrogen and oxygen atoms in total. The standard InChI is InChI=1S/C29H58N8O16.C8H9N3O3/c30-2-8-16(39)19(42)12(35)26(47-8)46-5-11-24(52-28-14(37)21(44)18(41)10(4-32)49-28)22(45)29(50-11)53-25-15(38)6(33)1-7(34)23(25)51-27-13(36)20(43)17(40)9(3-31)48-27;12-7(13)5-10-11-8(14)6-1-3-9-4-2-6/h6-29,38-45H,1-5,30-37H2;1-4,10H,5H2,(H,11,14)(H,12,13)/t6-,7+,8-,9-,10+,11-,12-,13-,14-,15+,16-,17-,18-,19-,20-,21-,22-,23-,24-,25-,26-,27-,28-,29+;/m1./s1. The Kier molecular flexibility index (Phi) is 20.3. The highest BCUT2D eigenvalue weighted by Gasteiger charge is 2.55. The number of hydrogen-bond acceptors (Lipinski definition) is 28. The number of nitrogens with two attached hydrogens (primary N) is 8. The molecule has 384 valence electrons. The summed E-state index contributed by atoms with van der Waals surface area (Å²) in [6.07, 6.45) is -23.4. The molecule has 1 aromatic rings. The zero-order valence-corrected chi connectivity index (χ0v) is 36.1. The molecule has 1 saturated carbocycles. The highest BCUT2D eigenvalue weighted by atomic mass is 16.8. The maximum atomic E-state index is 11.6. The van der Waals surface area contributed by atoms with Crippen LogP contribution in [0, 0.1) is 0 Å². The second-order valence-electron chi connectivity index (χ2n) is 16.7. The van der Waals surface area contributed by atoms with E-state index in [4.69, 9.17) is 88.9 Å². The van der Waals surface area contributed by atoms with Gasteiger partial charge in [-0.25, -0.2) is 5.43 Å². The van der Waals surface area contributed by atoms with Crippen LogP contribution < -0.4 is 56.7 Å². The van der Waals surface area contributed by atoms with E-state index in [1.54, 1.807) is 0 Å². The molecule has 0 radical (unpaired) electrons. The van der Waals surface area contributed by atoms with Crippen molar-refractivity contribution in [1.29, 1.82) is 0 Å². The van der Waals surface area contributed by atoms with Gasteiger partial charge in [0.15, 0.2) is 25.2 Å². The molecule has 4 aliphatic heterocycles. The maximum absolute atomic E-state index is 11.6. The molecule has 0 unspecified atom stereocenters. The largest absolute Gasteiger partial charge is 0.480 e. The summed E-state index contributed by atoms with van der Waals surface area (Å²) in [5.74, 6) is -1.44. The molecule has 1 aromatic heterocycles. The smallest absolute Gasteiger partial charge is 0.319 e. The molecule has 6 rings (SSSR count). The molecule has 5 heterocycles. The Morgan fingerprint density at radius 1 is 0.582 bits per heavy atom. The van der Waals surface area contributed by atoms with Gasteiger partial charge >= 0.3 is 5.97 Å². The molecule has 67 heavy (non-hydrogen) atoms. The maximum Gasteiger partial charge on any atom is 0.319 e. The van der Waals surface area contributed by atoms with Gasteiger partial charge in [-0.2, -0.15) is 0 Å². The molecule has 1 aliphatic carbocycles. The highest BCUT2D eigenvalue weighted by Crippen LogP contribution is 2.35. The summed E-state index contributed by atoms with van der Waals surface area (Å²) in [7, 11) is 0. The van der Waals surface area contributed by atoms with Gasteiger partial charge in [-0.15, -0.1) is 0 Å². The van der Waals surface area contributed by atoms with Crippen LogP contribution in [0.15, 0.2) is 24.5 Å². The van der Waals surface area contributed by atoms with Crippen molar-refractivity contribution >= 4 is 11.9 Å². The van der Waals surface area contributed by atoms with Crippen molar-refractivity contribution < 1.29 is 93.4 Å². The van der Waals surface area contributed by atoms with E-state index >= 15 is 0 Å². The molecular formula is C37H67N11O19. The molecule has 5 aliphatic rings. The number of hydrogen-bond donors (Lipinski definition) is 19. The van der Waals surface area contributed by atoms with E-state index in [-0.39, 0.29) is 32.6 Å². The van der Waals surface area contributed by atoms with E-state index in [9.17, 15) is 50.4 Å². The van der Waals surface area contributed by atoms with E-state index in [2.05, 4.69) is 15.8 Å². The van der Waals surface area contributed by atoms with Gasteiger partial charge in [0, 0.05) is 49.7 Å². The quantitative estimate of drug-likeness (QED) is 0.0684. The van der Waals surface area contributed by atoms with Crippen LogP contribution >= 0.6 is 0 Å². The van der Waals surface area contributed by atoms with E-state index < -0.39 is 165 Å². The van der Waals surface area contributed by atoms with Crippen molar-refractivity contribution in [2.45, 2.75) is 153 Å². The van der Waals surface area contributed by atoms with Crippen molar-refractivity contribution in [2.75, 3.05) is 32.8 Å². The molecule has 4 saturated heterocycles. The number of hydrazine groups is 1. The summed E-state index contributed by atoms with van der Waals surface area (Å²) in [6, 6.07) is -2.67. The summed E-state index contributed by atoms with van der Waals surface area (Å²) in [5.41, 5.74) is 52.9. The van der Waals surface area contributed by atoms with Crippen LogP contribution in [0.3, 0.4) is 0 Å². The number of aromatic nitrogens is 1. The van der Waals surface area contributed by atoms with Gasteiger partial charge in [0.1, 0.15) is 92.0 Å². The minimum atomic E-state index is -1.72. The van der Waals surface area contributed by atoms with Crippen molar-refractivity contribution in [3.63, 3.8) is 0 Å². The van der Waals surface area contributed by atoms with Gasteiger partial charge < -0.3 is 130 Å². The Labute approximate surface area is 382 Å². The van der Waals surface area contributed by atoms with Crippen LogP contribution in [0.25, 0.3) is 0 Å². The van der Waals surface area contributed by atoms with Crippen LogP contribution in [0.5, 0.6) is 0 Å². The second kappa shape index (κ2) is 24.8. The summed E-state index contributed by atoms with van der Waals surface area (Å²) >= 11 is 0. The van der Waals surface area contributed by atoms with Gasteiger partial charge in [0.05, 0.1) is 30.8 Å². The van der Waals surface area contributed by atoms with Gasteiger partial charge in [-0.05, 0) is 18.6 Å². The summed E-state index contributed by atoms with van der Waals surface area (Å²) in [4.78, 5) is 25.1. The molecular weight excluding hydrogens is 902 g/mol. The van der Waals surface area contributed by atoms with Crippen LogP contribution in [0.2, 0.25) is 0 Å². The van der Waals surface area contributed by atoms with E-state index in [1.165, 1.54) is 24.5 Å². The lowest BCUT2D eigenvalue weighted by atomic mass is 9.84. The number of ether oxygens (including phenoxy) is 8. The fraction of sp³-hybridized carbons (Fsp3) is 0.811. The van der Waals surface area contributed by atoms with Crippen LogP contribution in [0.4, 0.5) is 0 Å². The number of aliphatic hydroxyl groups is 8. The Balaban J connectivity index is 0.000000513. The topological polar surface area (TPSA) is 535 Å². The number of amides is 1. The molecule has 0 bridgehead atoms. The number of aliphatic carboxylic acids is 1. The van der Waals surface area contributed by atoms with Crippen LogP contribution in [-0.2, 0) is 42.7 Å². The van der Waals surface area contributed by atoms with Gasteiger partial charge in [-0.3, -0.25) is 20.0 Å². The minimum absolute atomic E-state index is 0.0365. The Morgan fingerprint density at radius 2 is 1.03 bits per heavy atom. The normalized spacial score (nSPS) is 44.6. The van der Waals surface area contributed by atoms with Crippen molar-refractivity contribution in [2.24, 2.45) is 45.9 Å². The monoisotopic (exact) mass is 969 g/mol. The van der Waals surface area contributed by atoms with E-state index in [0.717, 1.165) is 0 Å². The fourth-order valence-electron chi connectivity index (χ4n) is 7.99. The first kappa shape index (κ1) is 55.0. The summed E-state index contributed by atoms with van der Waals surface area (Å²) in [5, 5.41) is 93.6.